The molecule has 6 aromatic heterocycles. The van der Waals surface area contributed by atoms with Gasteiger partial charge >= 0.3 is 0 Å². The number of hydrogen-bond acceptors (Lipinski definition) is 4. The van der Waals surface area contributed by atoms with E-state index in [0.29, 0.717) is 11.1 Å². The molecule has 0 aliphatic carbocycles. The minimum Gasteiger partial charge on any atom is -0.308 e. The summed E-state index contributed by atoms with van der Waals surface area (Å²) in [6.45, 7) is 0. The highest BCUT2D eigenvalue weighted by Gasteiger charge is 2.27. The van der Waals surface area contributed by atoms with E-state index >= 15 is 0 Å². The zero-order chi connectivity index (χ0) is 85.1. The van der Waals surface area contributed by atoms with Gasteiger partial charge in [-0.2, -0.15) is 10.5 Å². The summed E-state index contributed by atoms with van der Waals surface area (Å²) in [6.07, 6.45) is 1.94. The van der Waals surface area contributed by atoms with Crippen LogP contribution in [-0.4, -0.2) is 28.2 Å². The number of fused-ring (bicyclic) bond motifs is 12. The average molecular weight is 1630 g/mol. The van der Waals surface area contributed by atoms with Crippen molar-refractivity contribution < 1.29 is 0 Å². The minimum atomic E-state index is 0.586. The van der Waals surface area contributed by atoms with Crippen molar-refractivity contribution in [3.63, 3.8) is 0 Å². The molecular formula is C120H76N8. The molecule has 24 aromatic rings. The van der Waals surface area contributed by atoms with Crippen molar-refractivity contribution in [2.75, 3.05) is 0 Å². The van der Waals surface area contributed by atoms with Crippen LogP contribution in [0, 0.1) is 22.7 Å². The molecule has 0 fully saturated rings. The van der Waals surface area contributed by atoms with Crippen LogP contribution in [0.25, 0.3) is 222 Å². The van der Waals surface area contributed by atoms with Crippen molar-refractivity contribution in [1.82, 2.24) is 28.2 Å². The summed E-state index contributed by atoms with van der Waals surface area (Å²) < 4.78 is 9.33. The van der Waals surface area contributed by atoms with E-state index in [4.69, 9.17) is 9.97 Å². The monoisotopic (exact) mass is 1630 g/mol. The number of rotatable bonds is 14. The molecule has 6 heterocycles. The van der Waals surface area contributed by atoms with Crippen molar-refractivity contribution in [1.29, 1.82) is 10.5 Å². The molecule has 0 aliphatic rings. The Kier molecular flexibility index (Phi) is 18.9. The predicted molar refractivity (Wildman–Crippen MR) is 530 cm³/mol. The highest BCUT2D eigenvalue weighted by molar-refractivity contribution is 6.16. The second kappa shape index (κ2) is 32.0. The smallest absolute Gasteiger partial charge is 0.147 e. The van der Waals surface area contributed by atoms with Crippen LogP contribution >= 0.6 is 0 Å². The van der Waals surface area contributed by atoms with Gasteiger partial charge in [-0.25, -0.2) is 9.97 Å². The third-order valence-electron chi connectivity index (χ3n) is 25.1. The number of pyridine rings is 2. The van der Waals surface area contributed by atoms with E-state index in [-0.39, 0.29) is 0 Å². The second-order valence-corrected chi connectivity index (χ2v) is 32.6. The molecule has 18 aromatic carbocycles. The molecule has 596 valence electrons. The van der Waals surface area contributed by atoms with Crippen molar-refractivity contribution in [2.24, 2.45) is 0 Å². The van der Waals surface area contributed by atoms with Crippen LogP contribution in [0.1, 0.15) is 11.1 Å². The summed E-state index contributed by atoms with van der Waals surface area (Å²) in [5.41, 5.74) is 33.0. The highest BCUT2D eigenvalue weighted by Crippen LogP contribution is 2.47. The molecule has 0 aliphatic heterocycles. The van der Waals surface area contributed by atoms with Crippen molar-refractivity contribution in [3.05, 3.63) is 472 Å². The molecule has 0 saturated carbocycles. The summed E-state index contributed by atoms with van der Waals surface area (Å²) in [7, 11) is 0. The maximum absolute atomic E-state index is 10.3. The largest absolute Gasteiger partial charge is 0.308 e. The number of aromatic nitrogens is 6. The molecule has 8 heteroatoms. The van der Waals surface area contributed by atoms with Crippen LogP contribution in [-0.2, 0) is 0 Å². The molecule has 128 heavy (non-hydrogen) atoms. The third-order valence-corrected chi connectivity index (χ3v) is 25.1. The maximum atomic E-state index is 10.3. The lowest BCUT2D eigenvalue weighted by atomic mass is 10.0. The molecule has 0 spiro atoms. The van der Waals surface area contributed by atoms with Gasteiger partial charge in [0.1, 0.15) is 17.5 Å². The van der Waals surface area contributed by atoms with Gasteiger partial charge in [0.15, 0.2) is 0 Å². The van der Waals surface area contributed by atoms with Crippen molar-refractivity contribution in [2.45, 2.75) is 0 Å². The average Bonchev–Trinajstić information content (AvgIpc) is 1.55. The van der Waals surface area contributed by atoms with Crippen LogP contribution < -0.4 is 0 Å². The Bertz CT molecular complexity index is 7710. The third kappa shape index (κ3) is 13.5. The first kappa shape index (κ1) is 75.4. The fourth-order valence-electron chi connectivity index (χ4n) is 19.0. The Morgan fingerprint density at radius 1 is 0.180 bits per heavy atom. The Morgan fingerprint density at radius 2 is 0.406 bits per heavy atom. The Hall–Kier alpha value is -17.6. The van der Waals surface area contributed by atoms with Crippen molar-refractivity contribution in [3.8, 4) is 147 Å². The first-order valence-corrected chi connectivity index (χ1v) is 43.2. The number of benzene rings is 18. The molecular weight excluding hydrogens is 1550 g/mol. The lowest BCUT2D eigenvalue weighted by Gasteiger charge is -2.19. The molecule has 8 nitrogen and oxygen atoms in total. The van der Waals surface area contributed by atoms with Crippen LogP contribution in [0.2, 0.25) is 0 Å². The number of hydrogen-bond donors (Lipinski definition) is 0. The lowest BCUT2D eigenvalue weighted by molar-refractivity contribution is 1.01. The normalized spacial score (nSPS) is 11.4. The van der Waals surface area contributed by atoms with Crippen LogP contribution in [0.5, 0.6) is 0 Å². The maximum Gasteiger partial charge on any atom is 0.147 e. The Morgan fingerprint density at radius 3 is 0.672 bits per heavy atom. The molecule has 0 amide bonds. The van der Waals surface area contributed by atoms with E-state index in [9.17, 15) is 10.5 Å². The van der Waals surface area contributed by atoms with E-state index in [1.165, 1.54) is 33.4 Å². The molecule has 0 bridgehead atoms. The summed E-state index contributed by atoms with van der Waals surface area (Å²) in [6, 6.07) is 166. The molecule has 0 saturated heterocycles. The highest BCUT2D eigenvalue weighted by atomic mass is 15.1. The van der Waals surface area contributed by atoms with Gasteiger partial charge in [0.05, 0.1) is 73.1 Å². The van der Waals surface area contributed by atoms with Gasteiger partial charge in [0.2, 0.25) is 0 Å². The van der Waals surface area contributed by atoms with Gasteiger partial charge in [-0.05, 0) is 245 Å². The van der Waals surface area contributed by atoms with E-state index < -0.39 is 0 Å². The quantitative estimate of drug-likeness (QED) is 0.108. The second-order valence-electron chi connectivity index (χ2n) is 32.6. The van der Waals surface area contributed by atoms with E-state index in [2.05, 4.69) is 449 Å². The zero-order valence-corrected chi connectivity index (χ0v) is 69.5. The van der Waals surface area contributed by atoms with E-state index in [1.54, 1.807) is 0 Å². The summed E-state index contributed by atoms with van der Waals surface area (Å²) in [5.74, 6) is 2.35. The minimum absolute atomic E-state index is 0.586. The summed E-state index contributed by atoms with van der Waals surface area (Å²) in [4.78, 5) is 11.0. The summed E-state index contributed by atoms with van der Waals surface area (Å²) in [5, 5.41) is 29.5. The summed E-state index contributed by atoms with van der Waals surface area (Å²) >= 11 is 0. The SMILES string of the molecule is N#Cc1cccc(-c2c(-n3c4ccc(-c5ccccc5)cc4c4cc(-c5ccccc5)ccc43)ccnc2-n2c3ccc(-c4ccccc4)cc3c3cc(-c4ccccc4)ccc32)c1.N#Cc1cccc(-c2cc(-n3c4ccc(-c5ccccc5)cc4c4cc(-c5ccccc5)ccc43)nc(-n3c4ccc(-c5ccccc5)cc4c4cc(-c5ccccc5)ccc43)c2)c1. The van der Waals surface area contributed by atoms with E-state index in [0.717, 1.165) is 188 Å². The first-order chi connectivity index (χ1) is 63.4. The molecule has 24 rings (SSSR count). The zero-order valence-electron chi connectivity index (χ0n) is 69.5. The predicted octanol–water partition coefficient (Wildman–Crippen LogP) is 31.0. The molecule has 0 unspecified atom stereocenters. The van der Waals surface area contributed by atoms with Gasteiger partial charge < -0.3 is 4.57 Å². The molecule has 0 radical (unpaired) electrons. The van der Waals surface area contributed by atoms with E-state index in [1.807, 2.05) is 42.6 Å². The topological polar surface area (TPSA) is 93.1 Å². The van der Waals surface area contributed by atoms with Crippen LogP contribution in [0.4, 0.5) is 0 Å². The number of nitrogens with zero attached hydrogens (tertiary/aromatic N) is 8. The lowest BCUT2D eigenvalue weighted by Crippen LogP contribution is -2.06. The van der Waals surface area contributed by atoms with Gasteiger partial charge in [0, 0.05) is 54.9 Å². The Labute approximate surface area is 739 Å². The molecule has 0 N–H and O–H groups in total. The Balaban J connectivity index is 0.000000146. The fraction of sp³-hybridized carbons (Fsp3) is 0. The van der Waals surface area contributed by atoms with Crippen molar-refractivity contribution >= 4 is 87.2 Å². The molecule has 0 atom stereocenters. The van der Waals surface area contributed by atoms with Crippen LogP contribution in [0.3, 0.4) is 0 Å². The standard InChI is InChI=1S/2C60H38N4/c61-39-40-14-13-23-45(32-40)50-37-59(63-55-28-24-46(41-15-5-1-6-16-41)33-51(55)52-34-47(25-29-56(52)63)42-17-7-2-8-18-42)62-60(38-50)64-57-30-26-48(43-19-9-3-10-20-43)35-53(57)54-36-49(27-31-58(54)64)44-21-11-4-12-22-44;61-39-40-14-13-23-49(34-40)59-58(63-54-28-24-45(41-15-5-1-6-16-41)35-50(54)51-36-46(25-29-55(51)63)42-17-7-2-8-18-42)32-33-62-60(59)64-56-30-26-47(43-19-9-3-10-20-43)37-52(56)53-38-48(27-31-57(53)64)44-21-11-4-12-22-44/h2*1-38H. The van der Waals surface area contributed by atoms with Gasteiger partial charge in [-0.1, -0.05) is 315 Å². The van der Waals surface area contributed by atoms with Gasteiger partial charge in [-0.15, -0.1) is 0 Å². The van der Waals surface area contributed by atoms with Gasteiger partial charge in [0.25, 0.3) is 0 Å². The van der Waals surface area contributed by atoms with Gasteiger partial charge in [-0.3, -0.25) is 13.7 Å². The first-order valence-electron chi connectivity index (χ1n) is 43.2. The number of nitriles is 2. The fourth-order valence-corrected chi connectivity index (χ4v) is 19.0. The van der Waals surface area contributed by atoms with Crippen LogP contribution in [0.15, 0.2) is 461 Å².